The van der Waals surface area contributed by atoms with Gasteiger partial charge in [0.15, 0.2) is 5.69 Å². The van der Waals surface area contributed by atoms with E-state index in [9.17, 15) is 13.2 Å². The molecule has 0 aliphatic carbocycles. The zero-order valence-corrected chi connectivity index (χ0v) is 16.6. The number of hydrogen-bond acceptors (Lipinski definition) is 5. The molecule has 0 aliphatic heterocycles. The second kappa shape index (κ2) is 7.57. The first-order valence-corrected chi connectivity index (χ1v) is 9.07. The lowest BCUT2D eigenvalue weighted by Crippen LogP contribution is -2.12. The maximum atomic E-state index is 12.8. The molecule has 1 unspecified atom stereocenters. The predicted molar refractivity (Wildman–Crippen MR) is 95.1 cm³/mol. The molecule has 0 saturated carbocycles. The number of nitrogens with zero attached hydrogens (tertiary/aromatic N) is 6. The molecule has 11 heteroatoms. The van der Waals surface area contributed by atoms with Gasteiger partial charge in [-0.15, -0.1) is 10.2 Å². The Hall–Kier alpha value is -2.36. The molecule has 3 aromatic rings. The maximum absolute atomic E-state index is 12.8. The molecule has 3 rings (SSSR count). The summed E-state index contributed by atoms with van der Waals surface area (Å²) in [7, 11) is 0. The molecule has 1 atom stereocenters. The van der Waals surface area contributed by atoms with Gasteiger partial charge in [0.25, 0.3) is 0 Å². The minimum atomic E-state index is -4.47. The van der Waals surface area contributed by atoms with Crippen molar-refractivity contribution in [3.8, 4) is 0 Å². The number of rotatable bonds is 6. The van der Waals surface area contributed by atoms with Crippen LogP contribution in [0.4, 0.5) is 13.2 Å². The summed E-state index contributed by atoms with van der Waals surface area (Å²) >= 11 is 6.13. The Kier molecular flexibility index (Phi) is 5.51. The molecule has 0 fully saturated rings. The molecule has 0 radical (unpaired) electrons. The number of aromatic nitrogens is 6. The first kappa shape index (κ1) is 20.4. The van der Waals surface area contributed by atoms with Crippen molar-refractivity contribution in [2.45, 2.75) is 59.3 Å². The monoisotopic (exact) mass is 416 g/mol. The van der Waals surface area contributed by atoms with Crippen LogP contribution in [-0.4, -0.2) is 29.8 Å². The largest absolute Gasteiger partial charge is 0.435 e. The van der Waals surface area contributed by atoms with Crippen LogP contribution >= 0.6 is 11.6 Å². The summed E-state index contributed by atoms with van der Waals surface area (Å²) in [5.74, 6) is 0.493. The zero-order chi connectivity index (χ0) is 20.6. The Labute approximate surface area is 164 Å². The Bertz CT molecular complexity index is 974. The number of hydrogen-bond donors (Lipinski definition) is 0. The Morgan fingerprint density at radius 2 is 1.86 bits per heavy atom. The van der Waals surface area contributed by atoms with Gasteiger partial charge in [-0.2, -0.15) is 23.4 Å². The second-order valence-corrected chi connectivity index (χ2v) is 7.12. The van der Waals surface area contributed by atoms with Gasteiger partial charge in [-0.3, -0.25) is 9.36 Å². The minimum absolute atomic E-state index is 0.205. The summed E-state index contributed by atoms with van der Waals surface area (Å²) in [6.07, 6.45) is -4.00. The van der Waals surface area contributed by atoms with Crippen molar-refractivity contribution in [1.82, 2.24) is 29.8 Å². The SMILES string of the molecule is Cc1nn(CCc2nnc(C(C)Cn3nc(C(F)(F)F)cc3C)o2)c(C)c1Cl. The summed E-state index contributed by atoms with van der Waals surface area (Å²) in [6.45, 7) is 7.82. The summed E-state index contributed by atoms with van der Waals surface area (Å²) in [5, 5.41) is 16.6. The van der Waals surface area contributed by atoms with Crippen LogP contribution in [0.25, 0.3) is 0 Å². The summed E-state index contributed by atoms with van der Waals surface area (Å²) in [5.41, 5.74) is 1.13. The molecule has 3 aromatic heterocycles. The molecule has 0 N–H and O–H groups in total. The van der Waals surface area contributed by atoms with Crippen molar-refractivity contribution in [3.63, 3.8) is 0 Å². The third kappa shape index (κ3) is 4.21. The van der Waals surface area contributed by atoms with Crippen LogP contribution in [-0.2, 0) is 25.7 Å². The first-order valence-electron chi connectivity index (χ1n) is 8.69. The molecule has 28 heavy (non-hydrogen) atoms. The highest BCUT2D eigenvalue weighted by molar-refractivity contribution is 6.31. The minimum Gasteiger partial charge on any atom is -0.425 e. The number of alkyl halides is 3. The standard InChI is InChI=1S/C17H20ClF3N6O/c1-9(8-27-10(2)7-13(25-27)17(19,20)21)16-23-22-14(28-16)5-6-26-12(4)15(18)11(3)24-26/h7,9H,5-6,8H2,1-4H3. The summed E-state index contributed by atoms with van der Waals surface area (Å²) < 4.78 is 47.1. The van der Waals surface area contributed by atoms with Gasteiger partial charge in [0.2, 0.25) is 11.8 Å². The molecule has 0 amide bonds. The molecule has 3 heterocycles. The van der Waals surface area contributed by atoms with Crippen molar-refractivity contribution in [2.75, 3.05) is 0 Å². The van der Waals surface area contributed by atoms with Gasteiger partial charge in [-0.05, 0) is 26.8 Å². The van der Waals surface area contributed by atoms with Gasteiger partial charge in [0.1, 0.15) is 0 Å². The van der Waals surface area contributed by atoms with E-state index in [1.165, 1.54) is 4.68 Å². The highest BCUT2D eigenvalue weighted by Crippen LogP contribution is 2.29. The molecule has 0 saturated heterocycles. The Morgan fingerprint density at radius 1 is 1.14 bits per heavy atom. The quantitative estimate of drug-likeness (QED) is 0.604. The zero-order valence-electron chi connectivity index (χ0n) is 15.9. The van der Waals surface area contributed by atoms with E-state index < -0.39 is 11.9 Å². The van der Waals surface area contributed by atoms with E-state index in [0.717, 1.165) is 17.5 Å². The summed E-state index contributed by atoms with van der Waals surface area (Å²) in [4.78, 5) is 0. The van der Waals surface area contributed by atoms with Crippen LogP contribution in [0.1, 0.15) is 47.4 Å². The lowest BCUT2D eigenvalue weighted by Gasteiger charge is -2.09. The molecule has 7 nitrogen and oxygen atoms in total. The van der Waals surface area contributed by atoms with Gasteiger partial charge < -0.3 is 4.42 Å². The maximum Gasteiger partial charge on any atom is 0.435 e. The topological polar surface area (TPSA) is 74.6 Å². The molecule has 0 aliphatic rings. The van der Waals surface area contributed by atoms with Gasteiger partial charge in [0.05, 0.1) is 28.9 Å². The molecule has 152 valence electrons. The average molecular weight is 417 g/mol. The van der Waals surface area contributed by atoms with Gasteiger partial charge in [-0.25, -0.2) is 0 Å². The normalized spacial score (nSPS) is 13.3. The van der Waals surface area contributed by atoms with Crippen molar-refractivity contribution in [2.24, 2.45) is 0 Å². The lowest BCUT2D eigenvalue weighted by molar-refractivity contribution is -0.141. The Morgan fingerprint density at radius 3 is 2.43 bits per heavy atom. The third-order valence-electron chi connectivity index (χ3n) is 4.45. The molecule has 0 aromatic carbocycles. The third-order valence-corrected chi connectivity index (χ3v) is 5.00. The fourth-order valence-electron chi connectivity index (χ4n) is 2.83. The van der Waals surface area contributed by atoms with Crippen molar-refractivity contribution in [1.29, 1.82) is 0 Å². The highest BCUT2D eigenvalue weighted by Gasteiger charge is 2.34. The van der Waals surface area contributed by atoms with E-state index >= 15 is 0 Å². The van der Waals surface area contributed by atoms with Gasteiger partial charge in [-0.1, -0.05) is 18.5 Å². The Balaban J connectivity index is 1.65. The highest BCUT2D eigenvalue weighted by atomic mass is 35.5. The van der Waals surface area contributed by atoms with Gasteiger partial charge >= 0.3 is 6.18 Å². The van der Waals surface area contributed by atoms with Crippen LogP contribution in [0.5, 0.6) is 0 Å². The van der Waals surface area contributed by atoms with E-state index in [-0.39, 0.29) is 12.5 Å². The van der Waals surface area contributed by atoms with E-state index in [4.69, 9.17) is 16.0 Å². The lowest BCUT2D eigenvalue weighted by atomic mass is 10.2. The number of halogens is 4. The van der Waals surface area contributed by atoms with Crippen LogP contribution in [0.3, 0.4) is 0 Å². The van der Waals surface area contributed by atoms with E-state index in [1.54, 1.807) is 18.5 Å². The van der Waals surface area contributed by atoms with E-state index in [1.807, 2.05) is 13.8 Å². The molecular formula is C17H20ClF3N6O. The summed E-state index contributed by atoms with van der Waals surface area (Å²) in [6, 6.07) is 1.02. The van der Waals surface area contributed by atoms with Crippen molar-refractivity contribution < 1.29 is 17.6 Å². The van der Waals surface area contributed by atoms with Crippen molar-refractivity contribution in [3.05, 3.63) is 45.6 Å². The number of aryl methyl sites for hydroxylation is 4. The van der Waals surface area contributed by atoms with Crippen LogP contribution in [0.2, 0.25) is 5.02 Å². The average Bonchev–Trinajstić information content (AvgIpc) is 3.29. The van der Waals surface area contributed by atoms with Crippen LogP contribution in [0.15, 0.2) is 10.5 Å². The van der Waals surface area contributed by atoms with E-state index in [2.05, 4.69) is 20.4 Å². The molecule has 0 bridgehead atoms. The van der Waals surface area contributed by atoms with E-state index in [0.29, 0.717) is 35.5 Å². The molecular weight excluding hydrogens is 397 g/mol. The van der Waals surface area contributed by atoms with Crippen LogP contribution in [0, 0.1) is 20.8 Å². The van der Waals surface area contributed by atoms with Crippen LogP contribution < -0.4 is 0 Å². The first-order chi connectivity index (χ1) is 13.1. The predicted octanol–water partition coefficient (Wildman–Crippen LogP) is 4.11. The fraction of sp³-hybridized carbons (Fsp3) is 0.529. The molecule has 0 spiro atoms. The smallest absolute Gasteiger partial charge is 0.425 e. The fourth-order valence-corrected chi connectivity index (χ4v) is 2.97. The van der Waals surface area contributed by atoms with Gasteiger partial charge in [0, 0.05) is 18.7 Å². The second-order valence-electron chi connectivity index (χ2n) is 6.74. The van der Waals surface area contributed by atoms with Crippen molar-refractivity contribution >= 4 is 11.6 Å².